The first-order chi connectivity index (χ1) is 13.7. The van der Waals surface area contributed by atoms with Crippen LogP contribution >= 0.6 is 0 Å². The maximum Gasteiger partial charge on any atom is 0.220 e. The van der Waals surface area contributed by atoms with Gasteiger partial charge in [-0.1, -0.05) is 37.6 Å². The lowest BCUT2D eigenvalue weighted by Crippen LogP contribution is -2.30. The molecule has 23 heavy (non-hydrogen) atoms. The first-order valence-electron chi connectivity index (χ1n) is 11.3. The molecule has 0 saturated heterocycles. The van der Waals surface area contributed by atoms with Crippen molar-refractivity contribution in [1.29, 1.82) is 0 Å². The topological polar surface area (TPSA) is 3.88 Å². The largest absolute Gasteiger partial charge is 0.220 e. The highest BCUT2D eigenvalue weighted by Gasteiger charge is 2.18. The van der Waals surface area contributed by atoms with Gasteiger partial charge in [-0.3, -0.25) is 0 Å². The predicted octanol–water partition coefficient (Wildman–Crippen LogP) is 5.38. The molecule has 1 aromatic heterocycles. The van der Waals surface area contributed by atoms with Crippen LogP contribution in [0.3, 0.4) is 0 Å². The Hall–Kier alpha value is -2.15. The lowest BCUT2D eigenvalue weighted by molar-refractivity contribution is -0.659. The molecule has 0 radical (unpaired) electrons. The Kier molecular flexibility index (Phi) is 2.33. The summed E-state index contributed by atoms with van der Waals surface area (Å²) in [4.78, 5) is 0. The fourth-order valence-electron chi connectivity index (χ4n) is 2.97. The zero-order valence-corrected chi connectivity index (χ0v) is 14.0. The fourth-order valence-corrected chi connectivity index (χ4v) is 2.97. The van der Waals surface area contributed by atoms with Gasteiger partial charge in [-0.25, -0.2) is 4.57 Å². The highest BCUT2D eigenvalue weighted by atomic mass is 14.9. The lowest BCUT2D eigenvalue weighted by Gasteiger charge is -2.12. The molecule has 0 aliphatic rings. The van der Waals surface area contributed by atoms with Gasteiger partial charge in [-0.15, -0.1) is 0 Å². The van der Waals surface area contributed by atoms with Gasteiger partial charge < -0.3 is 0 Å². The molecule has 0 aliphatic carbocycles. The van der Waals surface area contributed by atoms with Crippen LogP contribution in [0.5, 0.6) is 0 Å². The molecule has 0 bridgehead atoms. The van der Waals surface area contributed by atoms with Gasteiger partial charge >= 0.3 is 0 Å². The lowest BCUT2D eigenvalue weighted by atomic mass is 9.93. The van der Waals surface area contributed by atoms with E-state index in [0.29, 0.717) is 22.7 Å². The zero-order valence-electron chi connectivity index (χ0n) is 21.0. The van der Waals surface area contributed by atoms with Crippen LogP contribution in [0.2, 0.25) is 0 Å². The summed E-state index contributed by atoms with van der Waals surface area (Å²) in [6.07, 6.45) is 0.257. The predicted molar refractivity (Wildman–Crippen MR) is 98.9 cm³/mol. The van der Waals surface area contributed by atoms with Crippen molar-refractivity contribution in [3.63, 3.8) is 0 Å². The quantitative estimate of drug-likeness (QED) is 0.559. The van der Waals surface area contributed by atoms with Crippen molar-refractivity contribution in [2.75, 3.05) is 0 Å². The van der Waals surface area contributed by atoms with E-state index in [4.69, 9.17) is 9.60 Å². The van der Waals surface area contributed by atoms with E-state index in [2.05, 4.69) is 13.8 Å². The summed E-state index contributed by atoms with van der Waals surface area (Å²) in [6.45, 7) is 1.00. The third-order valence-corrected chi connectivity index (χ3v) is 4.41. The van der Waals surface area contributed by atoms with Crippen molar-refractivity contribution in [3.05, 3.63) is 64.8 Å². The molecular formula is C22H26N+. The van der Waals surface area contributed by atoms with E-state index in [1.54, 1.807) is 30.7 Å². The average Bonchev–Trinajstić information content (AvgIpc) is 2.61. The summed E-state index contributed by atoms with van der Waals surface area (Å²) in [7, 11) is 1.74. The molecule has 0 unspecified atom stereocenters. The monoisotopic (exact) mass is 311 g/mol. The van der Waals surface area contributed by atoms with E-state index in [9.17, 15) is 0 Å². The summed E-state index contributed by atoms with van der Waals surface area (Å²) < 4.78 is 57.4. The molecule has 3 rings (SSSR count). The number of benzene rings is 2. The molecule has 1 heterocycles. The van der Waals surface area contributed by atoms with E-state index in [1.807, 2.05) is 18.2 Å². The second-order valence-electron chi connectivity index (χ2n) is 6.38. The van der Waals surface area contributed by atoms with Crippen LogP contribution in [0.15, 0.2) is 42.6 Å². The number of aryl methyl sites for hydroxylation is 2. The normalized spacial score (nSPS) is 17.0. The van der Waals surface area contributed by atoms with Crippen molar-refractivity contribution in [3.8, 4) is 11.3 Å². The highest BCUT2D eigenvalue weighted by Crippen LogP contribution is 2.31. The smallest absolute Gasteiger partial charge is 0.200 e. The van der Waals surface area contributed by atoms with Crippen LogP contribution in [-0.4, -0.2) is 0 Å². The molecule has 0 fully saturated rings. The second kappa shape index (κ2) is 5.81. The maximum absolute atomic E-state index is 8.43. The van der Waals surface area contributed by atoms with E-state index < -0.39 is 13.7 Å². The molecule has 2 aromatic carbocycles. The Morgan fingerprint density at radius 3 is 2.61 bits per heavy atom. The van der Waals surface area contributed by atoms with Gasteiger partial charge in [-0.2, -0.15) is 0 Å². The third-order valence-electron chi connectivity index (χ3n) is 4.41. The van der Waals surface area contributed by atoms with Crippen molar-refractivity contribution in [2.45, 2.75) is 40.4 Å². The Morgan fingerprint density at radius 2 is 1.91 bits per heavy atom. The van der Waals surface area contributed by atoms with Crippen LogP contribution in [0.25, 0.3) is 22.0 Å². The number of aromatic nitrogens is 1. The summed E-state index contributed by atoms with van der Waals surface area (Å²) in [5.41, 5.74) is 2.80. The zero-order chi connectivity index (χ0) is 22.6. The highest BCUT2D eigenvalue weighted by molar-refractivity contribution is 5.94. The SMILES string of the molecule is [2H]c1cc2cc(C(C)C)ccc2c(-c2cc(C([2H])([2H])[2H])cc(C([2H])([2H])[2H])c2C)[n+]1C. The van der Waals surface area contributed by atoms with Gasteiger partial charge in [0.1, 0.15) is 8.42 Å². The van der Waals surface area contributed by atoms with Gasteiger partial charge in [0.05, 0.1) is 10.9 Å². The Labute approximate surface area is 149 Å². The van der Waals surface area contributed by atoms with Crippen LogP contribution in [0.1, 0.15) is 51.6 Å². The molecular weight excluding hydrogens is 278 g/mol. The molecule has 0 N–H and O–H groups in total. The Bertz CT molecular complexity index is 1130. The maximum atomic E-state index is 8.43. The molecule has 0 amide bonds. The summed E-state index contributed by atoms with van der Waals surface area (Å²) in [6, 6.07) is 10.6. The molecule has 1 heteroatoms. The number of rotatable bonds is 2. The fraction of sp³-hybridized carbons (Fsp3) is 0.318. The number of hydrogen-bond donors (Lipinski definition) is 0. The van der Waals surface area contributed by atoms with Crippen LogP contribution in [0, 0.1) is 20.6 Å². The van der Waals surface area contributed by atoms with Crippen molar-refractivity contribution in [1.82, 2.24) is 0 Å². The number of pyridine rings is 1. The Balaban J connectivity index is 2.47. The molecule has 3 aromatic rings. The van der Waals surface area contributed by atoms with Gasteiger partial charge in [0.15, 0.2) is 6.17 Å². The average molecular weight is 311 g/mol. The standard InChI is InChI=1S/C22H26N/c1-14(2)18-7-8-20-19(13-18)9-10-23(6)22(20)21-12-15(3)11-16(4)17(21)5/h7-14H,1-6H3/q+1/i3D3,4D3,10D. The minimum Gasteiger partial charge on any atom is -0.200 e. The van der Waals surface area contributed by atoms with E-state index in [0.717, 1.165) is 16.3 Å². The van der Waals surface area contributed by atoms with Gasteiger partial charge in [0.25, 0.3) is 0 Å². The molecule has 1 nitrogen and oxygen atoms in total. The number of hydrogen-bond acceptors (Lipinski definition) is 0. The first-order valence-corrected chi connectivity index (χ1v) is 7.81. The van der Waals surface area contributed by atoms with Crippen LogP contribution < -0.4 is 4.57 Å². The van der Waals surface area contributed by atoms with E-state index in [-0.39, 0.29) is 17.3 Å². The van der Waals surface area contributed by atoms with Crippen molar-refractivity contribution in [2.24, 2.45) is 7.05 Å². The molecule has 0 spiro atoms. The van der Waals surface area contributed by atoms with Gasteiger partial charge in [-0.05, 0) is 60.8 Å². The van der Waals surface area contributed by atoms with E-state index in [1.165, 1.54) is 6.07 Å². The third kappa shape index (κ3) is 2.76. The molecule has 0 atom stereocenters. The van der Waals surface area contributed by atoms with Gasteiger partial charge in [0, 0.05) is 14.3 Å². The molecule has 0 aliphatic heterocycles. The number of nitrogens with zero attached hydrogens (tertiary/aromatic N) is 1. The second-order valence-corrected chi connectivity index (χ2v) is 6.38. The van der Waals surface area contributed by atoms with Gasteiger partial charge in [0.2, 0.25) is 5.69 Å². The van der Waals surface area contributed by atoms with Crippen molar-refractivity contribution >= 4 is 10.8 Å². The number of fused-ring (bicyclic) bond motifs is 1. The van der Waals surface area contributed by atoms with Crippen LogP contribution in [0.4, 0.5) is 0 Å². The molecule has 118 valence electrons. The van der Waals surface area contributed by atoms with Crippen LogP contribution in [-0.2, 0) is 7.05 Å². The van der Waals surface area contributed by atoms with E-state index >= 15 is 0 Å². The first kappa shape index (κ1) is 9.22. The Morgan fingerprint density at radius 1 is 1.09 bits per heavy atom. The minimum absolute atomic E-state index is 0.0171. The summed E-state index contributed by atoms with van der Waals surface area (Å²) >= 11 is 0. The summed E-state index contributed by atoms with van der Waals surface area (Å²) in [5, 5.41) is 1.72. The summed E-state index contributed by atoms with van der Waals surface area (Å²) in [5.74, 6) is 0.323. The minimum atomic E-state index is -2.45. The molecule has 0 saturated carbocycles. The van der Waals surface area contributed by atoms with Crippen molar-refractivity contribution < 1.29 is 14.2 Å².